The number of ether oxygens (including phenoxy) is 1. The lowest BCUT2D eigenvalue weighted by Crippen LogP contribution is -2.30. The maximum atomic E-state index is 14.5. The molecule has 0 bridgehead atoms. The number of methoxy groups -OCH3 is 1. The second-order valence-electron chi connectivity index (χ2n) is 5.06. The van der Waals surface area contributed by atoms with Crippen molar-refractivity contribution in [1.82, 2.24) is 4.72 Å². The number of anilines is 1. The minimum Gasteiger partial charge on any atom is -0.506 e. The summed E-state index contributed by atoms with van der Waals surface area (Å²) in [4.78, 5) is 11.3. The number of nitrogens with zero attached hydrogens (tertiary/aromatic N) is 1. The highest BCUT2D eigenvalue weighted by atomic mass is 32.2. The zero-order valence-corrected chi connectivity index (χ0v) is 14.4. The maximum absolute atomic E-state index is 14.5. The summed E-state index contributed by atoms with van der Waals surface area (Å²) in [6.07, 6.45) is 4.70. The summed E-state index contributed by atoms with van der Waals surface area (Å²) >= 11 is 0. The molecule has 0 atom stereocenters. The minimum atomic E-state index is -4.23. The zero-order valence-electron chi connectivity index (χ0n) is 13.6. The number of hydrogen-bond acceptors (Lipinski definition) is 5. The first-order valence-corrected chi connectivity index (χ1v) is 8.58. The molecule has 7 nitrogen and oxygen atoms in total. The van der Waals surface area contributed by atoms with Crippen LogP contribution in [0, 0.1) is 5.82 Å². The molecule has 134 valence electrons. The topological polar surface area (TPSA) is 95.9 Å². The van der Waals surface area contributed by atoms with Crippen LogP contribution < -0.4 is 9.03 Å². The lowest BCUT2D eigenvalue weighted by Gasteiger charge is -2.18. The fourth-order valence-electron chi connectivity index (χ4n) is 2.32. The summed E-state index contributed by atoms with van der Waals surface area (Å²) in [5, 5.41) is 10.2. The summed E-state index contributed by atoms with van der Waals surface area (Å²) in [7, 11) is -2.76. The van der Waals surface area contributed by atoms with Gasteiger partial charge >= 0.3 is 10.2 Å². The number of halogens is 1. The van der Waals surface area contributed by atoms with Crippen molar-refractivity contribution in [1.29, 1.82) is 0 Å². The van der Waals surface area contributed by atoms with Crippen LogP contribution in [0.2, 0.25) is 0 Å². The molecule has 25 heavy (non-hydrogen) atoms. The van der Waals surface area contributed by atoms with Crippen LogP contribution in [0.5, 0.6) is 5.75 Å². The van der Waals surface area contributed by atoms with E-state index >= 15 is 0 Å². The molecule has 1 aliphatic rings. The third-order valence-corrected chi connectivity index (χ3v) is 4.86. The van der Waals surface area contributed by atoms with Crippen molar-refractivity contribution in [2.24, 2.45) is 0 Å². The molecule has 9 heteroatoms. The number of aromatic hydroxyl groups is 1. The SMILES string of the molecule is C=C/C(=C\C(=C/C)OC)c1cc(O)c(N2CC(=O)NS2(=O)=O)c(F)c1. The van der Waals surface area contributed by atoms with Gasteiger partial charge in [-0.1, -0.05) is 12.7 Å². The maximum Gasteiger partial charge on any atom is 0.326 e. The fourth-order valence-corrected chi connectivity index (χ4v) is 3.49. The van der Waals surface area contributed by atoms with E-state index in [1.165, 1.54) is 19.3 Å². The molecule has 0 unspecified atom stereocenters. The third kappa shape index (κ3) is 3.66. The summed E-state index contributed by atoms with van der Waals surface area (Å²) in [5.74, 6) is -1.94. The van der Waals surface area contributed by atoms with E-state index in [0.29, 0.717) is 15.6 Å². The van der Waals surface area contributed by atoms with E-state index in [9.17, 15) is 22.7 Å². The molecule has 0 radical (unpaired) electrons. The Morgan fingerprint density at radius 1 is 1.48 bits per heavy atom. The van der Waals surface area contributed by atoms with Gasteiger partial charge in [0.05, 0.1) is 7.11 Å². The second kappa shape index (κ2) is 6.98. The second-order valence-corrected chi connectivity index (χ2v) is 6.66. The van der Waals surface area contributed by atoms with E-state index < -0.39 is 39.9 Å². The van der Waals surface area contributed by atoms with E-state index in [2.05, 4.69) is 6.58 Å². The first-order chi connectivity index (χ1) is 11.7. The number of nitrogens with one attached hydrogen (secondary N) is 1. The lowest BCUT2D eigenvalue weighted by atomic mass is 10.0. The largest absolute Gasteiger partial charge is 0.506 e. The molecule has 1 fully saturated rings. The Balaban J connectivity index is 2.54. The molecular weight excluding hydrogens is 351 g/mol. The number of carbonyl (C=O) groups is 1. The van der Waals surface area contributed by atoms with Gasteiger partial charge in [-0.3, -0.25) is 4.79 Å². The van der Waals surface area contributed by atoms with Crippen LogP contribution in [-0.4, -0.2) is 33.1 Å². The van der Waals surface area contributed by atoms with Gasteiger partial charge in [0.2, 0.25) is 0 Å². The van der Waals surface area contributed by atoms with Gasteiger partial charge in [-0.25, -0.2) is 13.4 Å². The van der Waals surface area contributed by atoms with Crippen molar-refractivity contribution < 1.29 is 27.4 Å². The molecule has 2 N–H and O–H groups in total. The van der Waals surface area contributed by atoms with Gasteiger partial charge < -0.3 is 9.84 Å². The van der Waals surface area contributed by atoms with Gasteiger partial charge in [-0.15, -0.1) is 0 Å². The Kier molecular flexibility index (Phi) is 5.17. The highest BCUT2D eigenvalue weighted by Gasteiger charge is 2.37. The van der Waals surface area contributed by atoms with Gasteiger partial charge in [-0.2, -0.15) is 8.42 Å². The van der Waals surface area contributed by atoms with Crippen molar-refractivity contribution in [3.05, 3.63) is 54.1 Å². The summed E-state index contributed by atoms with van der Waals surface area (Å²) < 4.78 is 45.5. The van der Waals surface area contributed by atoms with Crippen LogP contribution in [0.25, 0.3) is 5.57 Å². The van der Waals surface area contributed by atoms with Crippen molar-refractivity contribution in [3.63, 3.8) is 0 Å². The fraction of sp³-hybridized carbons (Fsp3) is 0.188. The number of allylic oxidation sites excluding steroid dienone is 4. The van der Waals surface area contributed by atoms with E-state index in [-0.39, 0.29) is 5.56 Å². The normalized spacial score (nSPS) is 17.4. The third-order valence-electron chi connectivity index (χ3n) is 3.48. The van der Waals surface area contributed by atoms with Crippen LogP contribution in [0.1, 0.15) is 12.5 Å². The molecule has 0 aromatic heterocycles. The van der Waals surface area contributed by atoms with Gasteiger partial charge in [-0.05, 0) is 42.3 Å². The molecule has 1 amide bonds. The smallest absolute Gasteiger partial charge is 0.326 e. The minimum absolute atomic E-state index is 0.265. The quantitative estimate of drug-likeness (QED) is 0.611. The number of rotatable bonds is 5. The van der Waals surface area contributed by atoms with Crippen LogP contribution in [0.3, 0.4) is 0 Å². The van der Waals surface area contributed by atoms with E-state index in [4.69, 9.17) is 4.74 Å². The molecule has 1 aliphatic heterocycles. The molecule has 1 aromatic carbocycles. The highest BCUT2D eigenvalue weighted by Crippen LogP contribution is 2.36. The van der Waals surface area contributed by atoms with Crippen LogP contribution >= 0.6 is 0 Å². The number of phenols is 1. The van der Waals surface area contributed by atoms with Crippen LogP contribution in [0.15, 0.2) is 42.7 Å². The predicted molar refractivity (Wildman–Crippen MR) is 91.4 cm³/mol. The number of hydrogen-bond donors (Lipinski definition) is 2. The predicted octanol–water partition coefficient (Wildman–Crippen LogP) is 1.83. The standard InChI is InChI=1S/C16H17FN2O5S/c1-4-10(6-12(5-2)24-3)11-7-13(17)16(14(20)8-11)19-9-15(21)18-25(19,22)23/h4-8,20H,1,9H2,2-3H3,(H,18,21)/b10-6+,12-5+. The van der Waals surface area contributed by atoms with Crippen molar-refractivity contribution in [2.45, 2.75) is 6.92 Å². The summed E-state index contributed by atoms with van der Waals surface area (Å²) in [6.45, 7) is 4.78. The van der Waals surface area contributed by atoms with Crippen LogP contribution in [0.4, 0.5) is 10.1 Å². The molecule has 1 saturated heterocycles. The van der Waals surface area contributed by atoms with Gasteiger partial charge in [0.25, 0.3) is 5.91 Å². The number of carbonyl (C=O) groups excluding carboxylic acids is 1. The molecule has 1 heterocycles. The van der Waals surface area contributed by atoms with Crippen molar-refractivity contribution in [3.8, 4) is 5.75 Å². The molecule has 1 aromatic rings. The van der Waals surface area contributed by atoms with E-state index in [0.717, 1.165) is 6.07 Å². The van der Waals surface area contributed by atoms with Crippen molar-refractivity contribution in [2.75, 3.05) is 18.0 Å². The van der Waals surface area contributed by atoms with Crippen molar-refractivity contribution >= 4 is 27.4 Å². The molecule has 2 rings (SSSR count). The Morgan fingerprint density at radius 3 is 2.60 bits per heavy atom. The summed E-state index contributed by atoms with van der Waals surface area (Å²) in [6, 6.07) is 2.23. The first kappa shape index (κ1) is 18.5. The lowest BCUT2D eigenvalue weighted by molar-refractivity contribution is -0.117. The van der Waals surface area contributed by atoms with Gasteiger partial charge in [0.1, 0.15) is 23.7 Å². The summed E-state index contributed by atoms with van der Waals surface area (Å²) in [5.41, 5.74) is 0.124. The first-order valence-electron chi connectivity index (χ1n) is 7.14. The Morgan fingerprint density at radius 2 is 2.16 bits per heavy atom. The number of benzene rings is 1. The van der Waals surface area contributed by atoms with E-state index in [1.54, 1.807) is 23.8 Å². The molecular formula is C16H17FN2O5S. The van der Waals surface area contributed by atoms with Gasteiger partial charge in [0.15, 0.2) is 5.82 Å². The average molecular weight is 368 g/mol. The number of amides is 1. The zero-order chi connectivity index (χ0) is 18.8. The Labute approximate surface area is 144 Å². The molecule has 0 aliphatic carbocycles. The Bertz CT molecular complexity index is 867. The Hall–Kier alpha value is -2.81. The average Bonchev–Trinajstić information content (AvgIpc) is 2.80. The number of phenolic OH excluding ortho intramolecular Hbond substituents is 1. The monoisotopic (exact) mass is 368 g/mol. The van der Waals surface area contributed by atoms with Crippen LogP contribution in [-0.2, 0) is 19.7 Å². The van der Waals surface area contributed by atoms with E-state index in [1.807, 2.05) is 0 Å². The highest BCUT2D eigenvalue weighted by molar-refractivity contribution is 7.92. The molecule has 0 spiro atoms. The van der Waals surface area contributed by atoms with Gasteiger partial charge in [0, 0.05) is 0 Å². The molecule has 0 saturated carbocycles.